The second-order valence-electron chi connectivity index (χ2n) is 3.90. The van der Waals surface area contributed by atoms with E-state index < -0.39 is 24.0 Å². The fourth-order valence-electron chi connectivity index (χ4n) is 1.44. The van der Waals surface area contributed by atoms with Crippen LogP contribution in [0.3, 0.4) is 0 Å². The number of nitrogens with one attached hydrogen (secondary N) is 2. The molecule has 7 heteroatoms. The second kappa shape index (κ2) is 6.72. The van der Waals surface area contributed by atoms with E-state index in [9.17, 15) is 14.7 Å². The standard InChI is InChI=1S/C12H16N2O5/c1-7(15)10(12(17)14-18)13-11(16)8-3-5-9(19-2)6-4-8/h3-7,10,15,18H,1-2H3,(H,13,16)(H,14,17). The Labute approximate surface area is 110 Å². The van der Waals surface area contributed by atoms with E-state index in [1.165, 1.54) is 31.6 Å². The summed E-state index contributed by atoms with van der Waals surface area (Å²) in [4.78, 5) is 23.1. The first-order chi connectivity index (χ1) is 8.99. The molecule has 0 aliphatic carbocycles. The van der Waals surface area contributed by atoms with Crippen LogP contribution < -0.4 is 15.5 Å². The van der Waals surface area contributed by atoms with Gasteiger partial charge in [-0.1, -0.05) is 0 Å². The first-order valence-electron chi connectivity index (χ1n) is 5.56. The molecule has 1 aromatic rings. The number of carbonyl (C=O) groups excluding carboxylic acids is 2. The van der Waals surface area contributed by atoms with Crippen LogP contribution in [0.4, 0.5) is 0 Å². The average molecular weight is 268 g/mol. The van der Waals surface area contributed by atoms with E-state index in [0.29, 0.717) is 11.3 Å². The molecule has 2 amide bonds. The summed E-state index contributed by atoms with van der Waals surface area (Å²) in [6.07, 6.45) is -1.14. The van der Waals surface area contributed by atoms with Crippen LogP contribution in [-0.2, 0) is 4.79 Å². The zero-order valence-corrected chi connectivity index (χ0v) is 10.6. The summed E-state index contributed by atoms with van der Waals surface area (Å²) >= 11 is 0. The molecule has 0 aliphatic heterocycles. The molecule has 0 aromatic heterocycles. The molecule has 0 spiro atoms. The van der Waals surface area contributed by atoms with E-state index in [0.717, 1.165) is 0 Å². The molecule has 0 fully saturated rings. The molecule has 0 saturated carbocycles. The highest BCUT2D eigenvalue weighted by molar-refractivity contribution is 5.97. The SMILES string of the molecule is COc1ccc(C(=O)NC(C(=O)NO)C(C)O)cc1. The van der Waals surface area contributed by atoms with Gasteiger partial charge in [0.25, 0.3) is 11.8 Å². The Morgan fingerprint density at radius 3 is 2.26 bits per heavy atom. The Balaban J connectivity index is 2.78. The smallest absolute Gasteiger partial charge is 0.268 e. The summed E-state index contributed by atoms with van der Waals surface area (Å²) in [5, 5.41) is 20.2. The van der Waals surface area contributed by atoms with Crippen molar-refractivity contribution in [2.45, 2.75) is 19.1 Å². The van der Waals surface area contributed by atoms with Crippen molar-refractivity contribution >= 4 is 11.8 Å². The lowest BCUT2D eigenvalue weighted by molar-refractivity contribution is -0.133. The third-order valence-electron chi connectivity index (χ3n) is 2.51. The van der Waals surface area contributed by atoms with Gasteiger partial charge in [-0.15, -0.1) is 0 Å². The number of hydroxylamine groups is 1. The highest BCUT2D eigenvalue weighted by atomic mass is 16.5. The van der Waals surface area contributed by atoms with E-state index in [1.54, 1.807) is 12.1 Å². The van der Waals surface area contributed by atoms with Crippen LogP contribution in [0.25, 0.3) is 0 Å². The fourth-order valence-corrected chi connectivity index (χ4v) is 1.44. The Kier molecular flexibility index (Phi) is 5.28. The number of amides is 2. The average Bonchev–Trinajstić information content (AvgIpc) is 2.43. The van der Waals surface area contributed by atoms with Crippen molar-refractivity contribution in [1.82, 2.24) is 10.8 Å². The first-order valence-corrected chi connectivity index (χ1v) is 5.56. The molecule has 0 saturated heterocycles. The third kappa shape index (κ3) is 3.94. The number of aliphatic hydroxyl groups is 1. The quantitative estimate of drug-likeness (QED) is 0.432. The Morgan fingerprint density at radius 2 is 1.84 bits per heavy atom. The summed E-state index contributed by atoms with van der Waals surface area (Å²) in [6.45, 7) is 1.33. The van der Waals surface area contributed by atoms with Gasteiger partial charge in [0.15, 0.2) is 0 Å². The maximum atomic E-state index is 11.9. The summed E-state index contributed by atoms with van der Waals surface area (Å²) < 4.78 is 4.95. The topological polar surface area (TPSA) is 108 Å². The molecule has 0 aliphatic rings. The summed E-state index contributed by atoms with van der Waals surface area (Å²) in [5.74, 6) is -0.842. The number of methoxy groups -OCH3 is 1. The van der Waals surface area contributed by atoms with Gasteiger partial charge in [-0.2, -0.15) is 0 Å². The van der Waals surface area contributed by atoms with Gasteiger partial charge in [0, 0.05) is 5.56 Å². The van der Waals surface area contributed by atoms with E-state index in [2.05, 4.69) is 5.32 Å². The van der Waals surface area contributed by atoms with E-state index in [1.807, 2.05) is 0 Å². The van der Waals surface area contributed by atoms with Crippen molar-refractivity contribution in [3.63, 3.8) is 0 Å². The molecular formula is C12H16N2O5. The van der Waals surface area contributed by atoms with Crippen LogP contribution in [0.5, 0.6) is 5.75 Å². The van der Waals surface area contributed by atoms with Gasteiger partial charge in [0.05, 0.1) is 13.2 Å². The second-order valence-corrected chi connectivity index (χ2v) is 3.90. The molecule has 4 N–H and O–H groups in total. The van der Waals surface area contributed by atoms with E-state index in [4.69, 9.17) is 9.94 Å². The number of benzene rings is 1. The van der Waals surface area contributed by atoms with Crippen molar-refractivity contribution < 1.29 is 24.6 Å². The molecule has 19 heavy (non-hydrogen) atoms. The lowest BCUT2D eigenvalue weighted by atomic mass is 10.1. The molecule has 2 unspecified atom stereocenters. The Morgan fingerprint density at radius 1 is 1.26 bits per heavy atom. The number of hydrogen-bond acceptors (Lipinski definition) is 5. The molecule has 0 heterocycles. The highest BCUT2D eigenvalue weighted by Gasteiger charge is 2.25. The van der Waals surface area contributed by atoms with Crippen molar-refractivity contribution in [3.05, 3.63) is 29.8 Å². The van der Waals surface area contributed by atoms with Crippen LogP contribution in [-0.4, -0.2) is 41.4 Å². The minimum atomic E-state index is -1.24. The molecule has 104 valence electrons. The normalized spacial score (nSPS) is 13.3. The minimum Gasteiger partial charge on any atom is -0.497 e. The molecule has 0 radical (unpaired) electrons. The van der Waals surface area contributed by atoms with Crippen LogP contribution >= 0.6 is 0 Å². The minimum absolute atomic E-state index is 0.303. The van der Waals surface area contributed by atoms with Crippen LogP contribution in [0.15, 0.2) is 24.3 Å². The third-order valence-corrected chi connectivity index (χ3v) is 2.51. The number of hydrogen-bond donors (Lipinski definition) is 4. The monoisotopic (exact) mass is 268 g/mol. The lowest BCUT2D eigenvalue weighted by Gasteiger charge is -2.19. The van der Waals surface area contributed by atoms with Gasteiger partial charge in [-0.25, -0.2) is 5.48 Å². The number of rotatable bonds is 5. The van der Waals surface area contributed by atoms with Gasteiger partial charge < -0.3 is 15.2 Å². The largest absolute Gasteiger partial charge is 0.497 e. The van der Waals surface area contributed by atoms with Crippen molar-refractivity contribution in [2.75, 3.05) is 7.11 Å². The molecule has 0 bridgehead atoms. The maximum absolute atomic E-state index is 11.9. The van der Waals surface area contributed by atoms with Crippen LogP contribution in [0.2, 0.25) is 0 Å². The zero-order valence-electron chi connectivity index (χ0n) is 10.6. The lowest BCUT2D eigenvalue weighted by Crippen LogP contribution is -2.51. The number of carbonyl (C=O) groups is 2. The Hall–Kier alpha value is -2.12. The molecule has 2 atom stereocenters. The number of aliphatic hydroxyl groups excluding tert-OH is 1. The van der Waals surface area contributed by atoms with E-state index >= 15 is 0 Å². The fraction of sp³-hybridized carbons (Fsp3) is 0.333. The molecule has 1 aromatic carbocycles. The highest BCUT2D eigenvalue weighted by Crippen LogP contribution is 2.11. The van der Waals surface area contributed by atoms with Gasteiger partial charge in [0.1, 0.15) is 11.8 Å². The van der Waals surface area contributed by atoms with Gasteiger partial charge >= 0.3 is 0 Å². The van der Waals surface area contributed by atoms with E-state index in [-0.39, 0.29) is 0 Å². The van der Waals surface area contributed by atoms with Crippen LogP contribution in [0, 0.1) is 0 Å². The summed E-state index contributed by atoms with van der Waals surface area (Å²) in [7, 11) is 1.50. The molecule has 7 nitrogen and oxygen atoms in total. The van der Waals surface area contributed by atoms with Gasteiger partial charge in [-0.3, -0.25) is 14.8 Å². The molecule has 1 rings (SSSR count). The Bertz CT molecular complexity index is 444. The maximum Gasteiger partial charge on any atom is 0.268 e. The summed E-state index contributed by atoms with van der Waals surface area (Å²) in [5.41, 5.74) is 1.69. The first kappa shape index (κ1) is 14.9. The van der Waals surface area contributed by atoms with Crippen molar-refractivity contribution in [1.29, 1.82) is 0 Å². The van der Waals surface area contributed by atoms with Crippen LogP contribution in [0.1, 0.15) is 17.3 Å². The summed E-state index contributed by atoms with van der Waals surface area (Å²) in [6, 6.07) is 4.99. The number of ether oxygens (including phenoxy) is 1. The predicted octanol–water partition coefficient (Wildman–Crippen LogP) is -0.320. The zero-order chi connectivity index (χ0) is 14.4. The van der Waals surface area contributed by atoms with Crippen molar-refractivity contribution in [2.24, 2.45) is 0 Å². The van der Waals surface area contributed by atoms with Crippen molar-refractivity contribution in [3.8, 4) is 5.75 Å². The van der Waals surface area contributed by atoms with Gasteiger partial charge in [-0.05, 0) is 31.2 Å². The van der Waals surface area contributed by atoms with Gasteiger partial charge in [0.2, 0.25) is 0 Å². The molecular weight excluding hydrogens is 252 g/mol. The predicted molar refractivity (Wildman–Crippen MR) is 65.9 cm³/mol.